The number of allylic oxidation sites excluding steroid dienone is 2. The van der Waals surface area contributed by atoms with Gasteiger partial charge in [0.1, 0.15) is 5.76 Å². The lowest BCUT2D eigenvalue weighted by Gasteiger charge is -2.36. The number of hydrogen-bond acceptors (Lipinski definition) is 4. The molecule has 4 aromatic rings. The zero-order valence-electron chi connectivity index (χ0n) is 16.6. The van der Waals surface area contributed by atoms with Crippen LogP contribution in [0.4, 0.5) is 5.95 Å². The number of rotatable bonds is 2. The van der Waals surface area contributed by atoms with E-state index in [4.69, 9.17) is 9.40 Å². The molecule has 1 aliphatic heterocycles. The van der Waals surface area contributed by atoms with Gasteiger partial charge >= 0.3 is 0 Å². The number of Topliss-reactive ketones (excluding diaryl/α,β-unsaturated/α-hetero) is 1. The Morgan fingerprint density at radius 3 is 2.70 bits per heavy atom. The van der Waals surface area contributed by atoms with Gasteiger partial charge < -0.3 is 9.73 Å². The van der Waals surface area contributed by atoms with Crippen molar-refractivity contribution in [2.45, 2.75) is 31.7 Å². The van der Waals surface area contributed by atoms with Gasteiger partial charge in [0, 0.05) is 23.6 Å². The van der Waals surface area contributed by atoms with Gasteiger partial charge in [0.05, 0.1) is 23.3 Å². The number of imidazole rings is 1. The molecule has 2 atom stereocenters. The fourth-order valence-electron chi connectivity index (χ4n) is 4.94. The third-order valence-electron chi connectivity index (χ3n) is 6.33. The second-order valence-corrected chi connectivity index (χ2v) is 8.11. The van der Waals surface area contributed by atoms with Crippen LogP contribution in [0.3, 0.4) is 0 Å². The molecule has 5 heteroatoms. The molecule has 6 rings (SSSR count). The molecule has 2 aliphatic rings. The third-order valence-corrected chi connectivity index (χ3v) is 6.33. The molecule has 1 N–H and O–H groups in total. The van der Waals surface area contributed by atoms with Crippen molar-refractivity contribution in [1.82, 2.24) is 9.55 Å². The van der Waals surface area contributed by atoms with E-state index in [1.807, 2.05) is 42.5 Å². The van der Waals surface area contributed by atoms with Gasteiger partial charge in [-0.1, -0.05) is 36.4 Å². The summed E-state index contributed by atoms with van der Waals surface area (Å²) in [4.78, 5) is 18.4. The molecule has 0 unspecified atom stereocenters. The molecule has 3 heterocycles. The van der Waals surface area contributed by atoms with Crippen LogP contribution in [0.25, 0.3) is 11.0 Å². The molecular formula is C25H21N3O2. The topological polar surface area (TPSA) is 60.1 Å². The van der Waals surface area contributed by atoms with E-state index in [9.17, 15) is 4.79 Å². The Hall–Kier alpha value is -3.60. The highest BCUT2D eigenvalue weighted by Crippen LogP contribution is 2.46. The Morgan fingerprint density at radius 2 is 1.87 bits per heavy atom. The Morgan fingerprint density at radius 1 is 1.03 bits per heavy atom. The van der Waals surface area contributed by atoms with E-state index in [-0.39, 0.29) is 17.7 Å². The van der Waals surface area contributed by atoms with E-state index in [2.05, 4.69) is 35.0 Å². The lowest BCUT2D eigenvalue weighted by Crippen LogP contribution is -2.33. The van der Waals surface area contributed by atoms with E-state index < -0.39 is 0 Å². The normalized spacial score (nSPS) is 20.8. The number of nitrogens with one attached hydrogen (secondary N) is 1. The first kappa shape index (κ1) is 17.3. The van der Waals surface area contributed by atoms with Crippen molar-refractivity contribution in [1.29, 1.82) is 0 Å². The molecular weight excluding hydrogens is 374 g/mol. The highest BCUT2D eigenvalue weighted by molar-refractivity contribution is 6.01. The highest BCUT2D eigenvalue weighted by Gasteiger charge is 2.40. The maximum absolute atomic E-state index is 13.5. The van der Waals surface area contributed by atoms with Gasteiger partial charge in [-0.25, -0.2) is 4.98 Å². The summed E-state index contributed by atoms with van der Waals surface area (Å²) in [7, 11) is 0. The predicted octanol–water partition coefficient (Wildman–Crippen LogP) is 5.35. The molecule has 5 nitrogen and oxygen atoms in total. The van der Waals surface area contributed by atoms with Crippen LogP contribution < -0.4 is 5.32 Å². The van der Waals surface area contributed by atoms with Crippen molar-refractivity contribution in [3.63, 3.8) is 0 Å². The first-order valence-electron chi connectivity index (χ1n) is 10.3. The van der Waals surface area contributed by atoms with E-state index in [1.54, 1.807) is 6.26 Å². The zero-order valence-corrected chi connectivity index (χ0v) is 16.6. The Kier molecular flexibility index (Phi) is 3.72. The number of fused-ring (bicyclic) bond motifs is 3. The maximum Gasteiger partial charge on any atom is 0.209 e. The quantitative estimate of drug-likeness (QED) is 0.497. The van der Waals surface area contributed by atoms with Crippen molar-refractivity contribution in [2.75, 3.05) is 5.32 Å². The number of aromatic nitrogens is 2. The van der Waals surface area contributed by atoms with E-state index in [1.165, 1.54) is 5.56 Å². The summed E-state index contributed by atoms with van der Waals surface area (Å²) >= 11 is 0. The molecule has 0 bridgehead atoms. The van der Waals surface area contributed by atoms with Gasteiger partial charge in [-0.3, -0.25) is 9.36 Å². The van der Waals surface area contributed by atoms with Crippen molar-refractivity contribution < 1.29 is 9.21 Å². The van der Waals surface area contributed by atoms with Crippen molar-refractivity contribution >= 4 is 22.8 Å². The summed E-state index contributed by atoms with van der Waals surface area (Å²) in [5.74, 6) is 1.87. The second kappa shape index (κ2) is 6.46. The number of aryl methyl sites for hydroxylation is 1. The van der Waals surface area contributed by atoms with Crippen LogP contribution in [0, 0.1) is 6.92 Å². The molecule has 30 heavy (non-hydrogen) atoms. The molecule has 2 aromatic heterocycles. The minimum absolute atomic E-state index is 0.0483. The first-order chi connectivity index (χ1) is 14.7. The number of carbonyl (C=O) groups excluding carboxylic acids is 1. The smallest absolute Gasteiger partial charge is 0.209 e. The van der Waals surface area contributed by atoms with Crippen LogP contribution in [-0.4, -0.2) is 15.3 Å². The summed E-state index contributed by atoms with van der Waals surface area (Å²) in [5.41, 5.74) is 6.07. The predicted molar refractivity (Wildman–Crippen MR) is 115 cm³/mol. The number of benzene rings is 2. The SMILES string of the molecule is Cc1ccccc1[C@@H]1C2=C(C[C@H](c3ccco3)CC2=O)Nc2nc3ccccc3n21. The molecule has 0 spiro atoms. The highest BCUT2D eigenvalue weighted by atomic mass is 16.3. The molecule has 1 aliphatic carbocycles. The number of furan rings is 1. The summed E-state index contributed by atoms with van der Waals surface area (Å²) in [6.07, 6.45) is 2.87. The molecule has 148 valence electrons. The van der Waals surface area contributed by atoms with Crippen LogP contribution in [0.15, 0.2) is 82.6 Å². The van der Waals surface area contributed by atoms with Crippen LogP contribution in [0.1, 0.15) is 41.7 Å². The Labute approximate surface area is 174 Å². The van der Waals surface area contributed by atoms with Crippen molar-refractivity contribution in [3.8, 4) is 0 Å². The first-order valence-corrected chi connectivity index (χ1v) is 10.3. The third kappa shape index (κ3) is 2.48. The van der Waals surface area contributed by atoms with Crippen LogP contribution in [0.2, 0.25) is 0 Å². The Balaban J connectivity index is 1.58. The fourth-order valence-corrected chi connectivity index (χ4v) is 4.94. The molecule has 0 saturated heterocycles. The largest absolute Gasteiger partial charge is 0.469 e. The average molecular weight is 395 g/mol. The standard InChI is InChI=1S/C25H21N3O2/c1-15-7-2-3-8-17(15)24-23-19(13-16(14-21(23)29)22-11-6-12-30-22)27-25-26-18-9-4-5-10-20(18)28(24)25/h2-12,16,24H,13-14H2,1H3,(H,26,27)/t16-,24+/m0/s1. The molecule has 2 aromatic carbocycles. The second-order valence-electron chi connectivity index (χ2n) is 8.11. The van der Waals surface area contributed by atoms with E-state index in [0.717, 1.165) is 46.0 Å². The van der Waals surface area contributed by atoms with Gasteiger partial charge in [-0.15, -0.1) is 0 Å². The lowest BCUT2D eigenvalue weighted by atomic mass is 9.79. The summed E-state index contributed by atoms with van der Waals surface area (Å²) < 4.78 is 7.81. The van der Waals surface area contributed by atoms with Gasteiger partial charge in [0.25, 0.3) is 0 Å². The number of para-hydroxylation sites is 2. The van der Waals surface area contributed by atoms with Crippen LogP contribution in [-0.2, 0) is 4.79 Å². The van der Waals surface area contributed by atoms with Gasteiger partial charge in [0.15, 0.2) is 5.78 Å². The number of anilines is 1. The van der Waals surface area contributed by atoms with Crippen molar-refractivity contribution in [3.05, 3.63) is 95.1 Å². The number of carbonyl (C=O) groups is 1. The number of nitrogens with zero attached hydrogens (tertiary/aromatic N) is 2. The van der Waals surface area contributed by atoms with Gasteiger partial charge in [0.2, 0.25) is 5.95 Å². The monoisotopic (exact) mass is 395 g/mol. The molecule has 0 fully saturated rings. The molecule has 0 radical (unpaired) electrons. The zero-order chi connectivity index (χ0) is 20.2. The summed E-state index contributed by atoms with van der Waals surface area (Å²) in [6.45, 7) is 2.11. The minimum atomic E-state index is -0.185. The van der Waals surface area contributed by atoms with Gasteiger partial charge in [-0.2, -0.15) is 0 Å². The fraction of sp³-hybridized carbons (Fsp3) is 0.200. The van der Waals surface area contributed by atoms with Crippen LogP contribution in [0.5, 0.6) is 0 Å². The van der Waals surface area contributed by atoms with Crippen LogP contribution >= 0.6 is 0 Å². The van der Waals surface area contributed by atoms with Crippen molar-refractivity contribution in [2.24, 2.45) is 0 Å². The Bertz CT molecular complexity index is 1310. The maximum atomic E-state index is 13.5. The van der Waals surface area contributed by atoms with E-state index >= 15 is 0 Å². The average Bonchev–Trinajstić information content (AvgIpc) is 3.40. The van der Waals surface area contributed by atoms with E-state index in [0.29, 0.717) is 6.42 Å². The number of hydrogen-bond donors (Lipinski definition) is 1. The number of ketones is 1. The lowest BCUT2D eigenvalue weighted by molar-refractivity contribution is -0.116. The molecule has 0 amide bonds. The summed E-state index contributed by atoms with van der Waals surface area (Å²) in [5, 5.41) is 3.50. The summed E-state index contributed by atoms with van der Waals surface area (Å²) in [6, 6.07) is 20.1. The van der Waals surface area contributed by atoms with Gasteiger partial charge in [-0.05, 0) is 48.7 Å². The molecule has 0 saturated carbocycles. The minimum Gasteiger partial charge on any atom is -0.469 e.